The van der Waals surface area contributed by atoms with Crippen LogP contribution in [-0.4, -0.2) is 39.4 Å². The van der Waals surface area contributed by atoms with E-state index in [-0.39, 0.29) is 0 Å². The average Bonchev–Trinajstić information content (AvgIpc) is 2.84. The number of nitrogens with one attached hydrogen (secondary N) is 1. The van der Waals surface area contributed by atoms with Gasteiger partial charge in [0, 0.05) is 13.6 Å². The van der Waals surface area contributed by atoms with Gasteiger partial charge in [0.05, 0.1) is 0 Å². The van der Waals surface area contributed by atoms with E-state index in [9.17, 15) is 8.42 Å². The zero-order valence-electron chi connectivity index (χ0n) is 9.93. The summed E-state index contributed by atoms with van der Waals surface area (Å²) >= 11 is 1.27. The first-order chi connectivity index (χ1) is 8.10. The number of sulfonamides is 1. The molecule has 1 fully saturated rings. The minimum Gasteiger partial charge on any atom is -0.316 e. The third kappa shape index (κ3) is 3.07. The molecule has 0 aliphatic carbocycles. The Hall–Kier alpha value is -0.430. The molecular weight excluding hydrogens is 256 g/mol. The molecule has 17 heavy (non-hydrogen) atoms. The van der Waals surface area contributed by atoms with Crippen LogP contribution in [-0.2, 0) is 10.0 Å². The summed E-state index contributed by atoms with van der Waals surface area (Å²) in [5, 5.41) is 5.10. The van der Waals surface area contributed by atoms with Crippen LogP contribution in [0.2, 0.25) is 0 Å². The summed E-state index contributed by atoms with van der Waals surface area (Å²) in [4.78, 5) is 0. The van der Waals surface area contributed by atoms with Crippen LogP contribution in [0.3, 0.4) is 0 Å². The van der Waals surface area contributed by atoms with Gasteiger partial charge in [0.15, 0.2) is 0 Å². The first-order valence-electron chi connectivity index (χ1n) is 5.81. The summed E-state index contributed by atoms with van der Waals surface area (Å²) in [6.45, 7) is 2.58. The molecule has 1 aliphatic rings. The molecule has 0 saturated carbocycles. The molecule has 1 saturated heterocycles. The van der Waals surface area contributed by atoms with Crippen LogP contribution in [0.5, 0.6) is 0 Å². The fraction of sp³-hybridized carbons (Fsp3) is 0.636. The van der Waals surface area contributed by atoms with Crippen molar-refractivity contribution in [2.75, 3.05) is 26.7 Å². The Labute approximate surface area is 107 Å². The highest BCUT2D eigenvalue weighted by Gasteiger charge is 2.25. The van der Waals surface area contributed by atoms with E-state index < -0.39 is 10.0 Å². The molecule has 2 rings (SSSR count). The molecule has 1 aromatic heterocycles. The summed E-state index contributed by atoms with van der Waals surface area (Å²) in [7, 11) is -1.60. The van der Waals surface area contributed by atoms with Crippen molar-refractivity contribution in [3.05, 3.63) is 17.5 Å². The van der Waals surface area contributed by atoms with E-state index in [0.29, 0.717) is 16.7 Å². The number of hydrogen-bond donors (Lipinski definition) is 1. The first-order valence-corrected chi connectivity index (χ1v) is 8.13. The minimum absolute atomic E-state index is 0.434. The highest BCUT2D eigenvalue weighted by molar-refractivity contribution is 7.91. The molecule has 0 spiro atoms. The maximum absolute atomic E-state index is 12.2. The van der Waals surface area contributed by atoms with Crippen LogP contribution in [0.1, 0.15) is 12.8 Å². The number of rotatable bonds is 4. The Bertz CT molecular complexity index is 436. The second-order valence-corrected chi connectivity index (χ2v) is 7.65. The molecule has 4 nitrogen and oxygen atoms in total. The summed E-state index contributed by atoms with van der Waals surface area (Å²) < 4.78 is 26.3. The second-order valence-electron chi connectivity index (χ2n) is 4.43. The van der Waals surface area contributed by atoms with Gasteiger partial charge in [0.2, 0.25) is 0 Å². The zero-order chi connectivity index (χ0) is 12.3. The van der Waals surface area contributed by atoms with E-state index >= 15 is 0 Å². The molecule has 2 heterocycles. The lowest BCUT2D eigenvalue weighted by Crippen LogP contribution is -2.38. The Morgan fingerprint density at radius 3 is 3.00 bits per heavy atom. The van der Waals surface area contributed by atoms with Gasteiger partial charge in [-0.2, -0.15) is 4.31 Å². The molecule has 0 amide bonds. The molecule has 0 aromatic carbocycles. The monoisotopic (exact) mass is 274 g/mol. The summed E-state index contributed by atoms with van der Waals surface area (Å²) in [6, 6.07) is 3.43. The Morgan fingerprint density at radius 2 is 2.41 bits per heavy atom. The first kappa shape index (κ1) is 13.0. The van der Waals surface area contributed by atoms with Gasteiger partial charge >= 0.3 is 0 Å². The average molecular weight is 274 g/mol. The standard InChI is InChI=1S/C11H18N2O2S2/c1-13(9-10-4-2-6-12-8-10)17(14,15)11-5-3-7-16-11/h3,5,7,10,12H,2,4,6,8-9H2,1H3. The van der Waals surface area contributed by atoms with Crippen LogP contribution in [0.25, 0.3) is 0 Å². The van der Waals surface area contributed by atoms with E-state index in [2.05, 4.69) is 5.32 Å². The molecule has 0 bridgehead atoms. The Balaban J connectivity index is 2.01. The maximum atomic E-state index is 12.2. The fourth-order valence-corrected chi connectivity index (χ4v) is 4.55. The van der Waals surface area contributed by atoms with Crippen LogP contribution < -0.4 is 5.32 Å². The Morgan fingerprint density at radius 1 is 1.59 bits per heavy atom. The smallest absolute Gasteiger partial charge is 0.252 e. The van der Waals surface area contributed by atoms with Gasteiger partial charge in [0.25, 0.3) is 10.0 Å². The highest BCUT2D eigenvalue weighted by atomic mass is 32.2. The number of nitrogens with zero attached hydrogens (tertiary/aromatic N) is 1. The van der Waals surface area contributed by atoms with Gasteiger partial charge in [0.1, 0.15) is 4.21 Å². The van der Waals surface area contributed by atoms with Gasteiger partial charge < -0.3 is 5.32 Å². The minimum atomic E-state index is -3.27. The molecule has 1 unspecified atom stereocenters. The normalized spacial score (nSPS) is 21.9. The van der Waals surface area contributed by atoms with E-state index in [4.69, 9.17) is 0 Å². The van der Waals surface area contributed by atoms with E-state index in [1.54, 1.807) is 24.6 Å². The lowest BCUT2D eigenvalue weighted by molar-refractivity contribution is 0.315. The van der Waals surface area contributed by atoms with E-state index in [0.717, 1.165) is 25.9 Å². The van der Waals surface area contributed by atoms with Crippen molar-refractivity contribution in [2.24, 2.45) is 5.92 Å². The van der Waals surface area contributed by atoms with Crippen LogP contribution in [0.15, 0.2) is 21.7 Å². The van der Waals surface area contributed by atoms with E-state index in [1.807, 2.05) is 0 Å². The third-order valence-corrected chi connectivity index (χ3v) is 6.27. The van der Waals surface area contributed by atoms with E-state index in [1.165, 1.54) is 15.6 Å². The molecule has 1 atom stereocenters. The van der Waals surface area contributed by atoms with Gasteiger partial charge in [-0.25, -0.2) is 8.42 Å². The number of piperidine rings is 1. The van der Waals surface area contributed by atoms with Crippen molar-refractivity contribution >= 4 is 21.4 Å². The molecule has 1 N–H and O–H groups in total. The predicted octanol–water partition coefficient (Wildman–Crippen LogP) is 1.37. The topological polar surface area (TPSA) is 49.4 Å². The van der Waals surface area contributed by atoms with Crippen molar-refractivity contribution in [1.29, 1.82) is 0 Å². The van der Waals surface area contributed by atoms with Crippen LogP contribution >= 0.6 is 11.3 Å². The highest BCUT2D eigenvalue weighted by Crippen LogP contribution is 2.21. The maximum Gasteiger partial charge on any atom is 0.252 e. The molecule has 0 radical (unpaired) electrons. The van der Waals surface area contributed by atoms with Crippen molar-refractivity contribution in [1.82, 2.24) is 9.62 Å². The third-order valence-electron chi connectivity index (χ3n) is 3.07. The van der Waals surface area contributed by atoms with Crippen molar-refractivity contribution in [3.63, 3.8) is 0 Å². The molecule has 6 heteroatoms. The van der Waals surface area contributed by atoms with Crippen LogP contribution in [0.4, 0.5) is 0 Å². The largest absolute Gasteiger partial charge is 0.316 e. The summed E-state index contributed by atoms with van der Waals surface area (Å²) in [5.74, 6) is 0.434. The quantitative estimate of drug-likeness (QED) is 0.902. The van der Waals surface area contributed by atoms with Gasteiger partial charge in [-0.15, -0.1) is 11.3 Å². The Kier molecular flexibility index (Phi) is 4.19. The SMILES string of the molecule is CN(CC1CCCNC1)S(=O)(=O)c1cccs1. The molecule has 96 valence electrons. The van der Waals surface area contributed by atoms with Crippen LogP contribution in [0, 0.1) is 5.92 Å². The van der Waals surface area contributed by atoms with Gasteiger partial charge in [-0.3, -0.25) is 0 Å². The van der Waals surface area contributed by atoms with Crippen molar-refractivity contribution in [2.45, 2.75) is 17.1 Å². The van der Waals surface area contributed by atoms with Gasteiger partial charge in [-0.1, -0.05) is 6.07 Å². The van der Waals surface area contributed by atoms with Gasteiger partial charge in [-0.05, 0) is 43.3 Å². The number of hydrogen-bond acceptors (Lipinski definition) is 4. The second kappa shape index (κ2) is 5.48. The molecule has 1 aliphatic heterocycles. The summed E-state index contributed by atoms with van der Waals surface area (Å²) in [6.07, 6.45) is 2.24. The molecular formula is C11H18N2O2S2. The summed E-state index contributed by atoms with van der Waals surface area (Å²) in [5.41, 5.74) is 0. The lowest BCUT2D eigenvalue weighted by Gasteiger charge is -2.26. The van der Waals surface area contributed by atoms with Crippen molar-refractivity contribution < 1.29 is 8.42 Å². The zero-order valence-corrected chi connectivity index (χ0v) is 11.6. The lowest BCUT2D eigenvalue weighted by atomic mass is 10.00. The molecule has 1 aromatic rings. The fourth-order valence-electron chi connectivity index (χ4n) is 2.11. The predicted molar refractivity (Wildman–Crippen MR) is 69.7 cm³/mol. The number of thiophene rings is 1. The van der Waals surface area contributed by atoms with Crippen molar-refractivity contribution in [3.8, 4) is 0 Å².